The minimum absolute atomic E-state index is 0.160. The van der Waals surface area contributed by atoms with Gasteiger partial charge in [0.1, 0.15) is 17.5 Å². The van der Waals surface area contributed by atoms with Crippen molar-refractivity contribution in [2.45, 2.75) is 6.04 Å². The van der Waals surface area contributed by atoms with E-state index in [1.165, 1.54) is 12.1 Å². The van der Waals surface area contributed by atoms with Crippen molar-refractivity contribution in [2.75, 3.05) is 0 Å². The number of rotatable bonds is 2. The molecule has 1 aromatic rings. The van der Waals surface area contributed by atoms with E-state index >= 15 is 0 Å². The predicted molar refractivity (Wildman–Crippen MR) is 45.9 cm³/mol. The summed E-state index contributed by atoms with van der Waals surface area (Å²) in [6, 6.07) is 2.67. The van der Waals surface area contributed by atoms with E-state index in [1.807, 2.05) is 0 Å². The molecule has 0 radical (unpaired) electrons. The molecule has 0 aliphatic rings. The topological polar surface area (TPSA) is 110 Å². The third kappa shape index (κ3) is 2.09. The Balaban J connectivity index is 3.07. The molecule has 0 aliphatic carbocycles. The Bertz CT molecular complexity index is 318. The molecule has 1 aromatic carbocycles. The van der Waals surface area contributed by atoms with E-state index < -0.39 is 11.9 Å². The van der Waals surface area contributed by atoms with Crippen molar-refractivity contribution >= 4 is 5.91 Å². The first-order chi connectivity index (χ1) is 6.00. The second kappa shape index (κ2) is 3.32. The molecule has 0 saturated heterocycles. The first kappa shape index (κ1) is 9.34. The van der Waals surface area contributed by atoms with Gasteiger partial charge in [0.05, 0.1) is 0 Å². The average molecular weight is 182 g/mol. The molecule has 0 saturated carbocycles. The summed E-state index contributed by atoms with van der Waals surface area (Å²) in [4.78, 5) is 10.7. The molecule has 0 bridgehead atoms. The maximum Gasteiger partial charge on any atom is 0.238 e. The van der Waals surface area contributed by atoms with Gasteiger partial charge in [-0.25, -0.2) is 0 Å². The highest BCUT2D eigenvalue weighted by Crippen LogP contribution is 2.23. The first-order valence-corrected chi connectivity index (χ1v) is 3.58. The van der Waals surface area contributed by atoms with E-state index in [0.29, 0.717) is 0 Å². The van der Waals surface area contributed by atoms with Crippen LogP contribution in [-0.2, 0) is 4.79 Å². The lowest BCUT2D eigenvalue weighted by Gasteiger charge is -2.08. The fourth-order valence-corrected chi connectivity index (χ4v) is 0.962. The number of carbonyl (C=O) groups excluding carboxylic acids is 1. The quantitative estimate of drug-likeness (QED) is 0.498. The average Bonchev–Trinajstić information content (AvgIpc) is 2.01. The maximum atomic E-state index is 10.7. The van der Waals surface area contributed by atoms with Crippen molar-refractivity contribution in [3.8, 4) is 11.5 Å². The zero-order chi connectivity index (χ0) is 10.0. The second-order valence-corrected chi connectivity index (χ2v) is 2.66. The lowest BCUT2D eigenvalue weighted by atomic mass is 10.1. The van der Waals surface area contributed by atoms with Crippen molar-refractivity contribution in [3.63, 3.8) is 0 Å². The normalized spacial score (nSPS) is 12.4. The van der Waals surface area contributed by atoms with Crippen LogP contribution in [0.5, 0.6) is 11.5 Å². The number of primary amides is 1. The molecular weight excluding hydrogens is 172 g/mol. The number of hydrogen-bond acceptors (Lipinski definition) is 4. The van der Waals surface area contributed by atoms with Gasteiger partial charge in [-0.15, -0.1) is 0 Å². The van der Waals surface area contributed by atoms with Crippen LogP contribution in [-0.4, -0.2) is 16.1 Å². The Morgan fingerprint density at radius 3 is 2.08 bits per heavy atom. The summed E-state index contributed by atoms with van der Waals surface area (Å²) in [6.45, 7) is 0. The Labute approximate surface area is 74.6 Å². The van der Waals surface area contributed by atoms with E-state index in [2.05, 4.69) is 0 Å². The molecule has 0 heterocycles. The van der Waals surface area contributed by atoms with Crippen LogP contribution in [0.4, 0.5) is 0 Å². The van der Waals surface area contributed by atoms with Crippen LogP contribution in [0.25, 0.3) is 0 Å². The summed E-state index contributed by atoms with van der Waals surface area (Å²) < 4.78 is 0. The predicted octanol–water partition coefficient (Wildman–Crippen LogP) is -0.417. The van der Waals surface area contributed by atoms with Crippen LogP contribution >= 0.6 is 0 Å². The van der Waals surface area contributed by atoms with E-state index in [1.54, 1.807) is 0 Å². The second-order valence-electron chi connectivity index (χ2n) is 2.66. The van der Waals surface area contributed by atoms with Gasteiger partial charge < -0.3 is 21.7 Å². The van der Waals surface area contributed by atoms with Gasteiger partial charge in [-0.1, -0.05) is 0 Å². The van der Waals surface area contributed by atoms with Gasteiger partial charge in [-0.2, -0.15) is 0 Å². The van der Waals surface area contributed by atoms with E-state index in [0.717, 1.165) is 6.07 Å². The van der Waals surface area contributed by atoms with Crippen LogP contribution in [0.15, 0.2) is 18.2 Å². The maximum absolute atomic E-state index is 10.7. The fourth-order valence-electron chi connectivity index (χ4n) is 0.962. The number of carbonyl (C=O) groups is 1. The van der Waals surface area contributed by atoms with Crippen LogP contribution < -0.4 is 11.5 Å². The third-order valence-electron chi connectivity index (χ3n) is 1.59. The molecule has 1 amide bonds. The standard InChI is InChI=1S/C8H10N2O3/c9-7(8(10)13)4-1-5(11)3-6(12)2-4/h1-3,7,11-12H,9H2,(H2,10,13). The summed E-state index contributed by atoms with van der Waals surface area (Å²) in [5.74, 6) is -1.04. The van der Waals surface area contributed by atoms with Crippen LogP contribution in [0.3, 0.4) is 0 Å². The van der Waals surface area contributed by atoms with Crippen molar-refractivity contribution in [3.05, 3.63) is 23.8 Å². The van der Waals surface area contributed by atoms with E-state index in [-0.39, 0.29) is 17.1 Å². The zero-order valence-corrected chi connectivity index (χ0v) is 6.77. The molecule has 13 heavy (non-hydrogen) atoms. The molecule has 1 rings (SSSR count). The lowest BCUT2D eigenvalue weighted by Crippen LogP contribution is -2.28. The molecule has 5 heteroatoms. The first-order valence-electron chi connectivity index (χ1n) is 3.58. The number of aromatic hydroxyl groups is 2. The van der Waals surface area contributed by atoms with Gasteiger partial charge in [-0.05, 0) is 17.7 Å². The Morgan fingerprint density at radius 1 is 1.23 bits per heavy atom. The summed E-state index contributed by atoms with van der Waals surface area (Å²) in [5.41, 5.74) is 10.6. The molecule has 0 fully saturated rings. The number of phenolic OH excluding ortho intramolecular Hbond substituents is 2. The van der Waals surface area contributed by atoms with Crippen molar-refractivity contribution in [1.29, 1.82) is 0 Å². The van der Waals surface area contributed by atoms with Gasteiger partial charge in [0.25, 0.3) is 0 Å². The molecule has 0 aromatic heterocycles. The van der Waals surface area contributed by atoms with E-state index in [9.17, 15) is 4.79 Å². The molecule has 6 N–H and O–H groups in total. The summed E-state index contributed by atoms with van der Waals surface area (Å²) in [6.07, 6.45) is 0. The Kier molecular flexibility index (Phi) is 2.39. The minimum Gasteiger partial charge on any atom is -0.508 e. The Morgan fingerprint density at radius 2 is 1.69 bits per heavy atom. The SMILES string of the molecule is NC(=O)C(N)c1cc(O)cc(O)c1. The van der Waals surface area contributed by atoms with Gasteiger partial charge in [-0.3, -0.25) is 4.79 Å². The molecular formula is C8H10N2O3. The van der Waals surface area contributed by atoms with E-state index in [4.69, 9.17) is 21.7 Å². The van der Waals surface area contributed by atoms with Crippen LogP contribution in [0, 0.1) is 0 Å². The highest BCUT2D eigenvalue weighted by molar-refractivity contribution is 5.81. The highest BCUT2D eigenvalue weighted by atomic mass is 16.3. The van der Waals surface area contributed by atoms with Crippen molar-refractivity contribution < 1.29 is 15.0 Å². The fraction of sp³-hybridized carbons (Fsp3) is 0.125. The zero-order valence-electron chi connectivity index (χ0n) is 6.77. The third-order valence-corrected chi connectivity index (χ3v) is 1.59. The van der Waals surface area contributed by atoms with Gasteiger partial charge in [0.15, 0.2) is 0 Å². The monoisotopic (exact) mass is 182 g/mol. The Hall–Kier alpha value is -1.75. The highest BCUT2D eigenvalue weighted by Gasteiger charge is 2.13. The summed E-state index contributed by atoms with van der Waals surface area (Å²) >= 11 is 0. The number of nitrogens with two attached hydrogens (primary N) is 2. The summed E-state index contributed by atoms with van der Waals surface area (Å²) in [7, 11) is 0. The molecule has 1 atom stereocenters. The van der Waals surface area contributed by atoms with Gasteiger partial charge in [0, 0.05) is 6.07 Å². The van der Waals surface area contributed by atoms with Crippen LogP contribution in [0.1, 0.15) is 11.6 Å². The summed E-state index contributed by atoms with van der Waals surface area (Å²) in [5, 5.41) is 18.1. The van der Waals surface area contributed by atoms with Crippen LogP contribution in [0.2, 0.25) is 0 Å². The van der Waals surface area contributed by atoms with Crippen molar-refractivity contribution in [2.24, 2.45) is 11.5 Å². The molecule has 0 spiro atoms. The van der Waals surface area contributed by atoms with Crippen molar-refractivity contribution in [1.82, 2.24) is 0 Å². The van der Waals surface area contributed by atoms with Gasteiger partial charge in [0.2, 0.25) is 5.91 Å². The molecule has 1 unspecified atom stereocenters. The number of phenols is 2. The molecule has 5 nitrogen and oxygen atoms in total. The largest absolute Gasteiger partial charge is 0.508 e. The lowest BCUT2D eigenvalue weighted by molar-refractivity contribution is -0.119. The number of benzene rings is 1. The smallest absolute Gasteiger partial charge is 0.238 e. The number of hydrogen-bond donors (Lipinski definition) is 4. The molecule has 70 valence electrons. The minimum atomic E-state index is -1.02. The number of amides is 1. The molecule has 0 aliphatic heterocycles. The van der Waals surface area contributed by atoms with Gasteiger partial charge >= 0.3 is 0 Å².